The molecule has 0 spiro atoms. The van der Waals surface area contributed by atoms with Gasteiger partial charge in [0.05, 0.1) is 10.6 Å². The van der Waals surface area contributed by atoms with Crippen molar-refractivity contribution in [3.8, 4) is 10.7 Å². The number of nitrogens with two attached hydrogens (primary N) is 1. The molecule has 3 rings (SSSR count). The number of nitrogen functional groups attached to an aromatic ring is 1. The number of hydrogen-bond donors (Lipinski definition) is 1. The first-order valence-electron chi connectivity index (χ1n) is 5.82. The molecule has 3 aromatic rings. The summed E-state index contributed by atoms with van der Waals surface area (Å²) in [5.74, 6) is 1.53. The fourth-order valence-corrected chi connectivity index (χ4v) is 2.44. The number of anilines is 1. The van der Waals surface area contributed by atoms with E-state index in [4.69, 9.17) is 10.3 Å². The van der Waals surface area contributed by atoms with Crippen molar-refractivity contribution in [3.63, 3.8) is 0 Å². The molecule has 3 aromatic heterocycles. The first kappa shape index (κ1) is 11.8. The molecule has 0 atom stereocenters. The minimum atomic E-state index is 0.381. The van der Waals surface area contributed by atoms with Crippen LogP contribution in [0.15, 0.2) is 22.0 Å². The Morgan fingerprint density at radius 1 is 1.47 bits per heavy atom. The molecule has 0 fully saturated rings. The topological polar surface area (TPSA) is 95.7 Å². The van der Waals surface area contributed by atoms with Crippen LogP contribution in [0.1, 0.15) is 18.5 Å². The minimum absolute atomic E-state index is 0.381. The van der Waals surface area contributed by atoms with E-state index in [0.717, 1.165) is 17.0 Å². The van der Waals surface area contributed by atoms with E-state index >= 15 is 0 Å². The molecule has 7 nitrogen and oxygen atoms in total. The van der Waals surface area contributed by atoms with Gasteiger partial charge in [0.15, 0.2) is 5.82 Å². The molecule has 0 saturated carbocycles. The highest BCUT2D eigenvalue weighted by Gasteiger charge is 2.13. The molecule has 0 aliphatic heterocycles. The molecule has 0 amide bonds. The molecule has 0 unspecified atom stereocenters. The Kier molecular flexibility index (Phi) is 3.00. The zero-order valence-corrected chi connectivity index (χ0v) is 11.1. The first-order valence-corrected chi connectivity index (χ1v) is 6.70. The monoisotopic (exact) mass is 276 g/mol. The van der Waals surface area contributed by atoms with Crippen LogP contribution in [0.2, 0.25) is 0 Å². The maximum atomic E-state index is 5.73. The highest BCUT2D eigenvalue weighted by Crippen LogP contribution is 2.21. The van der Waals surface area contributed by atoms with Gasteiger partial charge in [-0.15, -0.1) is 16.4 Å². The summed E-state index contributed by atoms with van der Waals surface area (Å²) in [5, 5.41) is 13.7. The van der Waals surface area contributed by atoms with Gasteiger partial charge in [-0.3, -0.25) is 0 Å². The highest BCUT2D eigenvalue weighted by molar-refractivity contribution is 7.13. The van der Waals surface area contributed by atoms with Crippen molar-refractivity contribution in [1.29, 1.82) is 0 Å². The molecule has 0 radical (unpaired) electrons. The molecule has 0 aliphatic rings. The minimum Gasteiger partial charge on any atom is -0.381 e. The third-order valence-electron chi connectivity index (χ3n) is 2.70. The van der Waals surface area contributed by atoms with Crippen LogP contribution in [0.25, 0.3) is 10.7 Å². The van der Waals surface area contributed by atoms with E-state index in [1.54, 1.807) is 16.0 Å². The lowest BCUT2D eigenvalue weighted by atomic mass is 10.3. The Bertz CT molecular complexity index is 671. The molecule has 2 N–H and O–H groups in total. The van der Waals surface area contributed by atoms with Crippen LogP contribution >= 0.6 is 11.3 Å². The average molecular weight is 276 g/mol. The van der Waals surface area contributed by atoms with E-state index in [1.165, 1.54) is 0 Å². The van der Waals surface area contributed by atoms with E-state index in [-0.39, 0.29) is 0 Å². The van der Waals surface area contributed by atoms with Crippen LogP contribution in [0.5, 0.6) is 0 Å². The predicted molar refractivity (Wildman–Crippen MR) is 70.5 cm³/mol. The second-order valence-electron chi connectivity index (χ2n) is 3.92. The summed E-state index contributed by atoms with van der Waals surface area (Å²) in [4.78, 5) is 5.31. The summed E-state index contributed by atoms with van der Waals surface area (Å²) in [6.07, 6.45) is 0.755. The van der Waals surface area contributed by atoms with Crippen molar-refractivity contribution in [1.82, 2.24) is 25.1 Å². The normalized spacial score (nSPS) is 11.0. The van der Waals surface area contributed by atoms with E-state index in [1.807, 2.05) is 24.4 Å². The molecule has 8 heteroatoms. The Morgan fingerprint density at radius 2 is 2.37 bits per heavy atom. The van der Waals surface area contributed by atoms with Crippen LogP contribution in [0.4, 0.5) is 5.82 Å². The fraction of sp³-hybridized carbons (Fsp3) is 0.273. The molecule has 98 valence electrons. The lowest BCUT2D eigenvalue weighted by molar-refractivity contribution is 0.363. The molecular weight excluding hydrogens is 264 g/mol. The zero-order chi connectivity index (χ0) is 13.2. The molecule has 0 bridgehead atoms. The molecular formula is C11H12N6OS. The standard InChI is InChI=1S/C11H12N6OS/c1-2-7-10(12)14-16-17(7)6-9-13-11(15-18-9)8-4-3-5-19-8/h3-5H,2,6,12H2,1H3. The van der Waals surface area contributed by atoms with E-state index < -0.39 is 0 Å². The lowest BCUT2D eigenvalue weighted by Crippen LogP contribution is -2.07. The van der Waals surface area contributed by atoms with Gasteiger partial charge in [-0.25, -0.2) is 4.68 Å². The fourth-order valence-electron chi connectivity index (χ4n) is 1.79. The van der Waals surface area contributed by atoms with Crippen molar-refractivity contribution >= 4 is 17.2 Å². The molecule has 3 heterocycles. The number of hydrogen-bond acceptors (Lipinski definition) is 7. The largest absolute Gasteiger partial charge is 0.381 e. The van der Waals surface area contributed by atoms with Gasteiger partial charge in [-0.05, 0) is 17.9 Å². The molecule has 0 aliphatic carbocycles. The van der Waals surface area contributed by atoms with E-state index in [9.17, 15) is 0 Å². The summed E-state index contributed by atoms with van der Waals surface area (Å²) >= 11 is 1.57. The zero-order valence-electron chi connectivity index (χ0n) is 10.3. The Balaban J connectivity index is 1.84. The van der Waals surface area contributed by atoms with Gasteiger partial charge in [-0.1, -0.05) is 23.4 Å². The van der Waals surface area contributed by atoms with Gasteiger partial charge in [0, 0.05) is 0 Å². The van der Waals surface area contributed by atoms with Crippen LogP contribution < -0.4 is 5.73 Å². The summed E-state index contributed by atoms with van der Waals surface area (Å²) in [6, 6.07) is 3.90. The van der Waals surface area contributed by atoms with Gasteiger partial charge in [0.1, 0.15) is 6.54 Å². The van der Waals surface area contributed by atoms with Crippen molar-refractivity contribution in [2.75, 3.05) is 5.73 Å². The summed E-state index contributed by atoms with van der Waals surface area (Å²) in [6.45, 7) is 2.38. The third kappa shape index (κ3) is 2.22. The van der Waals surface area contributed by atoms with Crippen molar-refractivity contribution in [3.05, 3.63) is 29.1 Å². The van der Waals surface area contributed by atoms with Gasteiger partial charge in [-0.2, -0.15) is 4.98 Å². The van der Waals surface area contributed by atoms with E-state index in [2.05, 4.69) is 20.5 Å². The smallest absolute Gasteiger partial charge is 0.248 e. The molecule has 0 saturated heterocycles. The van der Waals surface area contributed by atoms with Crippen molar-refractivity contribution < 1.29 is 4.52 Å². The summed E-state index contributed by atoms with van der Waals surface area (Å²) < 4.78 is 6.90. The number of aromatic nitrogens is 5. The predicted octanol–water partition coefficient (Wildman–Crippen LogP) is 1.58. The van der Waals surface area contributed by atoms with Gasteiger partial charge in [0.25, 0.3) is 0 Å². The van der Waals surface area contributed by atoms with E-state index in [0.29, 0.717) is 24.1 Å². The van der Waals surface area contributed by atoms with Crippen molar-refractivity contribution in [2.45, 2.75) is 19.9 Å². The Hall–Kier alpha value is -2.22. The maximum Gasteiger partial charge on any atom is 0.248 e. The second-order valence-corrected chi connectivity index (χ2v) is 4.87. The molecule has 0 aromatic carbocycles. The third-order valence-corrected chi connectivity index (χ3v) is 3.56. The Morgan fingerprint density at radius 3 is 3.11 bits per heavy atom. The maximum absolute atomic E-state index is 5.73. The number of rotatable bonds is 4. The van der Waals surface area contributed by atoms with Crippen LogP contribution in [-0.2, 0) is 13.0 Å². The average Bonchev–Trinajstić information content (AvgIpc) is 3.11. The lowest BCUT2D eigenvalue weighted by Gasteiger charge is -2.00. The quantitative estimate of drug-likeness (QED) is 0.777. The highest BCUT2D eigenvalue weighted by atomic mass is 32.1. The first-order chi connectivity index (χ1) is 9.28. The summed E-state index contributed by atoms with van der Waals surface area (Å²) in [5.41, 5.74) is 6.60. The van der Waals surface area contributed by atoms with Gasteiger partial charge < -0.3 is 10.3 Å². The van der Waals surface area contributed by atoms with Gasteiger partial charge in [0.2, 0.25) is 11.7 Å². The number of nitrogens with zero attached hydrogens (tertiary/aromatic N) is 5. The van der Waals surface area contributed by atoms with Gasteiger partial charge >= 0.3 is 0 Å². The SMILES string of the molecule is CCc1c(N)nnn1Cc1nc(-c2cccs2)no1. The Labute approximate surface area is 113 Å². The second kappa shape index (κ2) is 4.81. The van der Waals surface area contributed by atoms with Crippen LogP contribution in [0, 0.1) is 0 Å². The van der Waals surface area contributed by atoms with Crippen LogP contribution in [0.3, 0.4) is 0 Å². The van der Waals surface area contributed by atoms with Crippen molar-refractivity contribution in [2.24, 2.45) is 0 Å². The van der Waals surface area contributed by atoms with Crippen LogP contribution in [-0.4, -0.2) is 25.1 Å². The summed E-state index contributed by atoms with van der Waals surface area (Å²) in [7, 11) is 0. The molecule has 19 heavy (non-hydrogen) atoms. The number of thiophene rings is 1.